The highest BCUT2D eigenvalue weighted by molar-refractivity contribution is 5.82. The minimum atomic E-state index is -0.541. The number of piperidine rings is 1. The summed E-state index contributed by atoms with van der Waals surface area (Å²) in [6.45, 7) is 6.42. The summed E-state index contributed by atoms with van der Waals surface area (Å²) in [7, 11) is 0. The first-order valence-electron chi connectivity index (χ1n) is 9.18. The summed E-state index contributed by atoms with van der Waals surface area (Å²) in [4.78, 5) is 30.6. The molecule has 7 nitrogen and oxygen atoms in total. The van der Waals surface area contributed by atoms with Crippen molar-refractivity contribution in [3.05, 3.63) is 29.8 Å². The number of carbonyl (C=O) groups is 2. The van der Waals surface area contributed by atoms with E-state index in [0.29, 0.717) is 37.9 Å². The van der Waals surface area contributed by atoms with Crippen LogP contribution in [-0.4, -0.2) is 51.8 Å². The molecule has 3 heterocycles. The maximum Gasteiger partial charge on any atom is 0.410 e. The maximum absolute atomic E-state index is 13.5. The van der Waals surface area contributed by atoms with Gasteiger partial charge in [-0.3, -0.25) is 9.78 Å². The van der Waals surface area contributed by atoms with Crippen LogP contribution in [0.5, 0.6) is 0 Å². The normalized spacial score (nSPS) is 20.8. The second-order valence-electron chi connectivity index (χ2n) is 7.91. The van der Waals surface area contributed by atoms with E-state index in [-0.39, 0.29) is 24.0 Å². The lowest BCUT2D eigenvalue weighted by Crippen LogP contribution is -2.45. The molecule has 0 radical (unpaired) electrons. The zero-order chi connectivity index (χ0) is 19.6. The minimum Gasteiger partial charge on any atom is -0.444 e. The molecule has 8 heteroatoms. The Hall–Kier alpha value is -2.51. The average Bonchev–Trinajstić information content (AvgIpc) is 3.09. The molecule has 0 aromatic carbocycles. The van der Waals surface area contributed by atoms with E-state index in [4.69, 9.17) is 4.74 Å². The summed E-state index contributed by atoms with van der Waals surface area (Å²) in [6, 6.07) is 1.06. The van der Waals surface area contributed by atoms with Crippen LogP contribution in [0.25, 0.3) is 0 Å². The quantitative estimate of drug-likeness (QED) is 0.795. The van der Waals surface area contributed by atoms with E-state index in [2.05, 4.69) is 10.1 Å². The Morgan fingerprint density at radius 3 is 2.56 bits per heavy atom. The van der Waals surface area contributed by atoms with Crippen LogP contribution in [0, 0.1) is 11.7 Å². The molecule has 2 aliphatic rings. The molecule has 0 saturated carbocycles. The van der Waals surface area contributed by atoms with Crippen LogP contribution in [0.3, 0.4) is 0 Å². The van der Waals surface area contributed by atoms with Crippen LogP contribution in [0.2, 0.25) is 0 Å². The fourth-order valence-electron chi connectivity index (χ4n) is 3.34. The molecule has 1 atom stereocenters. The van der Waals surface area contributed by atoms with Gasteiger partial charge in [0, 0.05) is 37.8 Å². The predicted molar refractivity (Wildman–Crippen MR) is 97.4 cm³/mol. The van der Waals surface area contributed by atoms with E-state index in [0.717, 1.165) is 6.20 Å². The SMILES string of the molecule is CC(C)(C)OC(=O)N1CCC(C(=O)N2N=CCC2c2cncc(F)c2)CC1. The number of amides is 2. The number of rotatable bonds is 2. The van der Waals surface area contributed by atoms with Crippen molar-refractivity contribution in [1.82, 2.24) is 14.9 Å². The first-order valence-corrected chi connectivity index (χ1v) is 9.18. The molecule has 2 amide bonds. The molecule has 27 heavy (non-hydrogen) atoms. The molecule has 0 N–H and O–H groups in total. The summed E-state index contributed by atoms with van der Waals surface area (Å²) >= 11 is 0. The molecule has 0 bridgehead atoms. The molecule has 1 unspecified atom stereocenters. The van der Waals surface area contributed by atoms with Gasteiger partial charge in [-0.1, -0.05) is 0 Å². The third-order valence-corrected chi connectivity index (χ3v) is 4.66. The zero-order valence-electron chi connectivity index (χ0n) is 15.9. The Bertz CT molecular complexity index is 739. The van der Waals surface area contributed by atoms with E-state index in [1.54, 1.807) is 17.3 Å². The second-order valence-corrected chi connectivity index (χ2v) is 7.91. The van der Waals surface area contributed by atoms with E-state index in [1.165, 1.54) is 11.1 Å². The van der Waals surface area contributed by atoms with Crippen molar-refractivity contribution >= 4 is 18.2 Å². The van der Waals surface area contributed by atoms with Crippen LogP contribution >= 0.6 is 0 Å². The molecule has 1 saturated heterocycles. The molecule has 0 aliphatic carbocycles. The smallest absolute Gasteiger partial charge is 0.410 e. The van der Waals surface area contributed by atoms with Gasteiger partial charge in [-0.05, 0) is 45.2 Å². The van der Waals surface area contributed by atoms with Crippen molar-refractivity contribution in [2.24, 2.45) is 11.0 Å². The number of nitrogens with zero attached hydrogens (tertiary/aromatic N) is 4. The van der Waals surface area contributed by atoms with Crippen LogP contribution < -0.4 is 0 Å². The topological polar surface area (TPSA) is 75.1 Å². The first kappa shape index (κ1) is 19.3. The van der Waals surface area contributed by atoms with Gasteiger partial charge in [0.25, 0.3) is 0 Å². The van der Waals surface area contributed by atoms with Gasteiger partial charge in [0.05, 0.1) is 12.2 Å². The molecule has 2 aliphatic heterocycles. The molecule has 0 spiro atoms. The van der Waals surface area contributed by atoms with Gasteiger partial charge in [-0.25, -0.2) is 14.2 Å². The number of hydrazone groups is 1. The zero-order valence-corrected chi connectivity index (χ0v) is 15.9. The Morgan fingerprint density at radius 2 is 1.93 bits per heavy atom. The number of pyridine rings is 1. The number of ether oxygens (including phenoxy) is 1. The number of aromatic nitrogens is 1. The van der Waals surface area contributed by atoms with Crippen molar-refractivity contribution in [3.63, 3.8) is 0 Å². The minimum absolute atomic E-state index is 0.0955. The summed E-state index contributed by atoms with van der Waals surface area (Å²) in [6.07, 6.45) is 5.66. The van der Waals surface area contributed by atoms with Gasteiger partial charge >= 0.3 is 6.09 Å². The molecular formula is C19H25FN4O3. The standard InChI is InChI=1S/C19H25FN4O3/c1-19(2,3)27-18(26)23-8-5-13(6-9-23)17(25)24-16(4-7-22-24)14-10-15(20)12-21-11-14/h7,10-13,16H,4-6,8-9H2,1-3H3. The lowest BCUT2D eigenvalue weighted by molar-refractivity contribution is -0.139. The lowest BCUT2D eigenvalue weighted by Gasteiger charge is -2.34. The van der Waals surface area contributed by atoms with Crippen LogP contribution in [0.4, 0.5) is 9.18 Å². The summed E-state index contributed by atoms with van der Waals surface area (Å²) in [5.41, 5.74) is 0.0901. The van der Waals surface area contributed by atoms with Crippen molar-refractivity contribution < 1.29 is 18.7 Å². The van der Waals surface area contributed by atoms with Crippen molar-refractivity contribution in [2.75, 3.05) is 13.1 Å². The first-order chi connectivity index (χ1) is 12.7. The average molecular weight is 376 g/mol. The Kier molecular flexibility index (Phi) is 5.43. The number of hydrogen-bond donors (Lipinski definition) is 0. The van der Waals surface area contributed by atoms with Crippen LogP contribution in [-0.2, 0) is 9.53 Å². The number of carbonyl (C=O) groups excluding carboxylic acids is 2. The van der Waals surface area contributed by atoms with E-state index in [9.17, 15) is 14.0 Å². The molecule has 1 aromatic heterocycles. The summed E-state index contributed by atoms with van der Waals surface area (Å²) < 4.78 is 18.9. The van der Waals surface area contributed by atoms with Gasteiger partial charge in [-0.15, -0.1) is 0 Å². The molecular weight excluding hydrogens is 351 g/mol. The third kappa shape index (κ3) is 4.61. The molecule has 3 rings (SSSR count). The van der Waals surface area contributed by atoms with Crippen molar-refractivity contribution in [1.29, 1.82) is 0 Å². The maximum atomic E-state index is 13.5. The fourth-order valence-corrected chi connectivity index (χ4v) is 3.34. The highest BCUT2D eigenvalue weighted by atomic mass is 19.1. The number of halogens is 1. The van der Waals surface area contributed by atoms with Crippen LogP contribution in [0.1, 0.15) is 51.6 Å². The van der Waals surface area contributed by atoms with Crippen LogP contribution in [0.15, 0.2) is 23.6 Å². The highest BCUT2D eigenvalue weighted by Crippen LogP contribution is 2.31. The number of hydrogen-bond acceptors (Lipinski definition) is 5. The second kappa shape index (κ2) is 7.62. The van der Waals surface area contributed by atoms with Gasteiger partial charge in [0.1, 0.15) is 11.4 Å². The highest BCUT2D eigenvalue weighted by Gasteiger charge is 2.36. The van der Waals surface area contributed by atoms with Gasteiger partial charge in [0.15, 0.2) is 0 Å². The molecule has 1 aromatic rings. The Labute approximate surface area is 158 Å². The molecule has 146 valence electrons. The van der Waals surface area contributed by atoms with Gasteiger partial charge in [-0.2, -0.15) is 5.10 Å². The van der Waals surface area contributed by atoms with Gasteiger partial charge < -0.3 is 9.64 Å². The Balaban J connectivity index is 1.60. The third-order valence-electron chi connectivity index (χ3n) is 4.66. The van der Waals surface area contributed by atoms with Gasteiger partial charge in [0.2, 0.25) is 5.91 Å². The van der Waals surface area contributed by atoms with Crippen molar-refractivity contribution in [2.45, 2.75) is 51.7 Å². The lowest BCUT2D eigenvalue weighted by atomic mass is 9.95. The Morgan fingerprint density at radius 1 is 1.22 bits per heavy atom. The largest absolute Gasteiger partial charge is 0.444 e. The van der Waals surface area contributed by atoms with E-state index < -0.39 is 11.4 Å². The van der Waals surface area contributed by atoms with Crippen molar-refractivity contribution in [3.8, 4) is 0 Å². The summed E-state index contributed by atoms with van der Waals surface area (Å²) in [5, 5.41) is 5.64. The number of likely N-dealkylation sites (tertiary alicyclic amines) is 1. The summed E-state index contributed by atoms with van der Waals surface area (Å²) in [5.74, 6) is -0.748. The predicted octanol–water partition coefficient (Wildman–Crippen LogP) is 3.13. The van der Waals surface area contributed by atoms with E-state index in [1.807, 2.05) is 20.8 Å². The monoisotopic (exact) mass is 376 g/mol. The molecule has 1 fully saturated rings. The van der Waals surface area contributed by atoms with E-state index >= 15 is 0 Å². The fraction of sp³-hybridized carbons (Fsp3) is 0.579.